The minimum atomic E-state index is -0.122. The Hall–Kier alpha value is -2.36. The van der Waals surface area contributed by atoms with E-state index in [0.29, 0.717) is 17.6 Å². The summed E-state index contributed by atoms with van der Waals surface area (Å²) >= 11 is 0. The highest BCUT2D eigenvalue weighted by Crippen LogP contribution is 2.47. The van der Waals surface area contributed by atoms with E-state index < -0.39 is 0 Å². The molecule has 3 N–H and O–H groups in total. The smallest absolute Gasteiger partial charge is 0.160 e. The maximum atomic E-state index is 10.2. The van der Waals surface area contributed by atoms with Crippen LogP contribution in [-0.2, 0) is 6.42 Å². The number of hydrogen-bond acceptors (Lipinski definition) is 4. The molecule has 2 aromatic rings. The summed E-state index contributed by atoms with van der Waals surface area (Å²) < 4.78 is 5.23. The highest BCUT2D eigenvalue weighted by molar-refractivity contribution is 5.53. The van der Waals surface area contributed by atoms with Crippen LogP contribution >= 0.6 is 0 Å². The lowest BCUT2D eigenvalue weighted by atomic mass is 9.68. The first-order chi connectivity index (χ1) is 10.9. The molecule has 0 aliphatic heterocycles. The molecule has 0 unspecified atom stereocenters. The van der Waals surface area contributed by atoms with E-state index in [-0.39, 0.29) is 23.2 Å². The highest BCUT2D eigenvalue weighted by Gasteiger charge is 2.34. The van der Waals surface area contributed by atoms with Crippen LogP contribution in [0.15, 0.2) is 30.3 Å². The molecule has 4 heteroatoms. The molecule has 122 valence electrons. The summed E-state index contributed by atoms with van der Waals surface area (Å²) in [4.78, 5) is 0. The first-order valence-corrected chi connectivity index (χ1v) is 7.84. The first kappa shape index (κ1) is 15.5. The predicted octanol–water partition coefficient (Wildman–Crippen LogP) is 3.77. The number of phenols is 3. The minimum Gasteiger partial charge on any atom is -0.504 e. The Morgan fingerprint density at radius 3 is 2.35 bits per heavy atom. The largest absolute Gasteiger partial charge is 0.504 e. The summed E-state index contributed by atoms with van der Waals surface area (Å²) in [7, 11) is 1.55. The topological polar surface area (TPSA) is 69.9 Å². The number of methoxy groups -OCH3 is 1. The molecular formula is C19H22O4. The van der Waals surface area contributed by atoms with Crippen molar-refractivity contribution in [1.82, 2.24) is 0 Å². The lowest BCUT2D eigenvalue weighted by Crippen LogP contribution is -2.26. The van der Waals surface area contributed by atoms with Crippen molar-refractivity contribution in [2.45, 2.75) is 26.2 Å². The lowest BCUT2D eigenvalue weighted by Gasteiger charge is -2.37. The van der Waals surface area contributed by atoms with E-state index in [9.17, 15) is 15.3 Å². The van der Waals surface area contributed by atoms with Crippen LogP contribution in [-0.4, -0.2) is 22.4 Å². The molecule has 1 aliphatic carbocycles. The van der Waals surface area contributed by atoms with Gasteiger partial charge in [-0.15, -0.1) is 0 Å². The lowest BCUT2D eigenvalue weighted by molar-refractivity contribution is 0.319. The Morgan fingerprint density at radius 1 is 0.957 bits per heavy atom. The molecule has 0 radical (unpaired) electrons. The molecular weight excluding hydrogens is 292 g/mol. The van der Waals surface area contributed by atoms with E-state index >= 15 is 0 Å². The average molecular weight is 314 g/mol. The fraction of sp³-hybridized carbons (Fsp3) is 0.368. The van der Waals surface area contributed by atoms with Gasteiger partial charge in [-0.1, -0.05) is 19.9 Å². The number of rotatable bonds is 2. The maximum absolute atomic E-state index is 10.2. The molecule has 1 aliphatic rings. The van der Waals surface area contributed by atoms with Gasteiger partial charge in [0.1, 0.15) is 0 Å². The molecule has 0 saturated carbocycles. The van der Waals surface area contributed by atoms with Gasteiger partial charge in [0.2, 0.25) is 0 Å². The highest BCUT2D eigenvalue weighted by atomic mass is 16.5. The average Bonchev–Trinajstić information content (AvgIpc) is 2.52. The van der Waals surface area contributed by atoms with Crippen LogP contribution < -0.4 is 4.74 Å². The molecule has 0 aromatic heterocycles. The molecule has 0 saturated heterocycles. The number of phenolic OH excluding ortho intramolecular Hbond substituents is 3. The third kappa shape index (κ3) is 2.58. The van der Waals surface area contributed by atoms with Gasteiger partial charge in [0.25, 0.3) is 0 Å². The fourth-order valence-electron chi connectivity index (χ4n) is 3.62. The Labute approximate surface area is 136 Å². The molecule has 2 aromatic carbocycles. The second kappa shape index (κ2) is 5.69. The second-order valence-electron chi connectivity index (χ2n) is 6.49. The van der Waals surface area contributed by atoms with Crippen molar-refractivity contribution in [1.29, 1.82) is 0 Å². The number of ether oxygens (including phenoxy) is 1. The Morgan fingerprint density at radius 2 is 1.70 bits per heavy atom. The molecule has 0 fully saturated rings. The van der Waals surface area contributed by atoms with Crippen molar-refractivity contribution in [2.75, 3.05) is 7.11 Å². The fourth-order valence-corrected chi connectivity index (χ4v) is 3.62. The number of benzene rings is 2. The van der Waals surface area contributed by atoms with Crippen LogP contribution in [0.3, 0.4) is 0 Å². The van der Waals surface area contributed by atoms with Crippen LogP contribution in [0.1, 0.15) is 36.5 Å². The van der Waals surface area contributed by atoms with E-state index in [1.54, 1.807) is 19.2 Å². The normalized spacial score (nSPS) is 23.3. The molecule has 0 amide bonds. The maximum Gasteiger partial charge on any atom is 0.160 e. The zero-order valence-electron chi connectivity index (χ0n) is 13.6. The van der Waals surface area contributed by atoms with Gasteiger partial charge in [-0.2, -0.15) is 0 Å². The first-order valence-electron chi connectivity index (χ1n) is 7.84. The van der Waals surface area contributed by atoms with E-state index in [0.717, 1.165) is 23.1 Å². The van der Waals surface area contributed by atoms with Gasteiger partial charge in [-0.05, 0) is 59.2 Å². The number of hydrogen-bond donors (Lipinski definition) is 3. The van der Waals surface area contributed by atoms with Crippen LogP contribution in [0.25, 0.3) is 0 Å². The Bertz CT molecular complexity index is 738. The van der Waals surface area contributed by atoms with Crippen molar-refractivity contribution in [3.63, 3.8) is 0 Å². The van der Waals surface area contributed by atoms with Gasteiger partial charge in [0, 0.05) is 5.92 Å². The zero-order chi connectivity index (χ0) is 16.7. The van der Waals surface area contributed by atoms with E-state index in [1.165, 1.54) is 6.07 Å². The number of fused-ring (bicyclic) bond motifs is 1. The SMILES string of the molecule is COc1cc2c(cc1O)[C@H](c1ccc(O)c(O)c1)[C@@H](C)[C@@H](C)C2. The second-order valence-corrected chi connectivity index (χ2v) is 6.49. The van der Waals surface area contributed by atoms with Gasteiger partial charge in [-0.25, -0.2) is 0 Å². The van der Waals surface area contributed by atoms with Crippen LogP contribution in [0, 0.1) is 11.8 Å². The van der Waals surface area contributed by atoms with Crippen molar-refractivity contribution < 1.29 is 20.1 Å². The molecule has 23 heavy (non-hydrogen) atoms. The molecule has 3 atom stereocenters. The van der Waals surface area contributed by atoms with E-state index in [1.807, 2.05) is 12.1 Å². The molecule has 3 rings (SSSR count). The van der Waals surface area contributed by atoms with E-state index in [4.69, 9.17) is 4.74 Å². The van der Waals surface area contributed by atoms with Crippen molar-refractivity contribution in [3.05, 3.63) is 47.0 Å². The zero-order valence-corrected chi connectivity index (χ0v) is 13.6. The van der Waals surface area contributed by atoms with Gasteiger partial charge < -0.3 is 20.1 Å². The summed E-state index contributed by atoms with van der Waals surface area (Å²) in [5.74, 6) is 1.23. The summed E-state index contributed by atoms with van der Waals surface area (Å²) in [5.41, 5.74) is 3.15. The monoisotopic (exact) mass is 314 g/mol. The van der Waals surface area contributed by atoms with Gasteiger partial charge in [0.05, 0.1) is 7.11 Å². The summed E-state index contributed by atoms with van der Waals surface area (Å²) in [5, 5.41) is 29.6. The van der Waals surface area contributed by atoms with Gasteiger partial charge >= 0.3 is 0 Å². The summed E-state index contributed by atoms with van der Waals surface area (Å²) in [6.45, 7) is 4.39. The van der Waals surface area contributed by atoms with Crippen LogP contribution in [0.5, 0.6) is 23.0 Å². The van der Waals surface area contributed by atoms with Crippen molar-refractivity contribution in [2.24, 2.45) is 11.8 Å². The predicted molar refractivity (Wildman–Crippen MR) is 88.3 cm³/mol. The summed E-state index contributed by atoms with van der Waals surface area (Å²) in [6, 6.07) is 8.63. The summed E-state index contributed by atoms with van der Waals surface area (Å²) in [6.07, 6.45) is 0.924. The number of aromatic hydroxyl groups is 3. The standard InChI is InChI=1S/C19H22O4/c1-10-6-13-8-18(23-3)17(22)9-14(13)19(11(10)2)12-4-5-15(20)16(21)7-12/h4-5,7-11,19-22H,6H2,1-3H3/t10-,11-,19-/m0/s1. The van der Waals surface area contributed by atoms with Crippen molar-refractivity contribution >= 4 is 0 Å². The third-order valence-electron chi connectivity index (χ3n) is 5.10. The van der Waals surface area contributed by atoms with Crippen molar-refractivity contribution in [3.8, 4) is 23.0 Å². The van der Waals surface area contributed by atoms with Gasteiger partial charge in [-0.3, -0.25) is 0 Å². The molecule has 4 nitrogen and oxygen atoms in total. The molecule has 0 bridgehead atoms. The Kier molecular flexibility index (Phi) is 3.84. The molecule has 0 heterocycles. The van der Waals surface area contributed by atoms with E-state index in [2.05, 4.69) is 13.8 Å². The van der Waals surface area contributed by atoms with Gasteiger partial charge in [0.15, 0.2) is 23.0 Å². The van der Waals surface area contributed by atoms with Crippen LogP contribution in [0.2, 0.25) is 0 Å². The Balaban J connectivity index is 2.16. The minimum absolute atomic E-state index is 0.0528. The molecule has 0 spiro atoms. The third-order valence-corrected chi connectivity index (χ3v) is 5.10. The van der Waals surface area contributed by atoms with Crippen LogP contribution in [0.4, 0.5) is 0 Å². The quantitative estimate of drug-likeness (QED) is 0.738.